The predicted octanol–water partition coefficient (Wildman–Crippen LogP) is 1.10. The topological polar surface area (TPSA) is 64.3 Å². The Morgan fingerprint density at radius 1 is 1.50 bits per heavy atom. The van der Waals surface area contributed by atoms with Crippen molar-refractivity contribution in [2.45, 2.75) is 13.0 Å². The van der Waals surface area contributed by atoms with Crippen molar-refractivity contribution in [1.29, 1.82) is 0 Å². The van der Waals surface area contributed by atoms with Crippen LogP contribution in [0, 0.1) is 12.7 Å². The monoisotopic (exact) mass is 234 g/mol. The first-order chi connectivity index (χ1) is 7.38. The van der Waals surface area contributed by atoms with E-state index in [-0.39, 0.29) is 5.56 Å². The fourth-order valence-electron chi connectivity index (χ4n) is 0.968. The minimum absolute atomic E-state index is 0.126. The summed E-state index contributed by atoms with van der Waals surface area (Å²) >= 11 is 0. The number of rotatable bonds is 3. The van der Waals surface area contributed by atoms with E-state index in [1.807, 2.05) is 0 Å². The largest absolute Gasteiger partial charge is 0.483 e. The van der Waals surface area contributed by atoms with Gasteiger partial charge in [0.15, 0.2) is 11.6 Å². The molecule has 0 fully saturated rings. The Morgan fingerprint density at radius 2 is 2.12 bits per heavy atom. The Labute approximate surface area is 89.2 Å². The van der Waals surface area contributed by atoms with Gasteiger partial charge >= 0.3 is 12.0 Å². The van der Waals surface area contributed by atoms with E-state index < -0.39 is 23.6 Å². The summed E-state index contributed by atoms with van der Waals surface area (Å²) in [7, 11) is 0. The van der Waals surface area contributed by atoms with Crippen molar-refractivity contribution in [2.24, 2.45) is 5.84 Å². The third-order valence-electron chi connectivity index (χ3n) is 1.79. The maximum absolute atomic E-state index is 13.3. The smallest absolute Gasteiger partial charge is 0.422 e. The van der Waals surface area contributed by atoms with E-state index in [4.69, 9.17) is 0 Å². The zero-order valence-electron chi connectivity index (χ0n) is 8.26. The molecule has 0 heterocycles. The molecule has 0 unspecified atom stereocenters. The Kier molecular flexibility index (Phi) is 3.38. The number of carbonyl (C=O) groups excluding carboxylic acids is 1. The second-order valence-corrected chi connectivity index (χ2v) is 2.98. The van der Waals surface area contributed by atoms with Crippen molar-refractivity contribution in [1.82, 2.24) is 5.43 Å². The molecule has 7 heteroatoms. The minimum atomic E-state index is -4.22. The first-order valence-electron chi connectivity index (χ1n) is 4.21. The highest BCUT2D eigenvalue weighted by Crippen LogP contribution is 2.26. The Morgan fingerprint density at radius 3 is 2.69 bits per heavy atom. The van der Waals surface area contributed by atoms with Gasteiger partial charge in [0.25, 0.3) is 0 Å². The van der Waals surface area contributed by atoms with Gasteiger partial charge in [0.2, 0.25) is 0 Å². The number of alkyl halides is 2. The van der Waals surface area contributed by atoms with E-state index in [1.165, 1.54) is 24.5 Å². The highest BCUT2D eigenvalue weighted by atomic mass is 19.3. The summed E-state index contributed by atoms with van der Waals surface area (Å²) in [6.07, 6.45) is -4.22. The summed E-state index contributed by atoms with van der Waals surface area (Å²) in [5.74, 6) is 1.01. The number of nitrogens with one attached hydrogen (secondary N) is 1. The lowest BCUT2D eigenvalue weighted by molar-refractivity contribution is -0.193. The maximum Gasteiger partial charge on any atom is 0.483 e. The molecule has 0 aliphatic heterocycles. The normalized spacial score (nSPS) is 11.1. The summed E-state index contributed by atoms with van der Waals surface area (Å²) in [6.45, 7) is 1.38. The van der Waals surface area contributed by atoms with Crippen molar-refractivity contribution in [2.75, 3.05) is 0 Å². The van der Waals surface area contributed by atoms with E-state index in [0.717, 1.165) is 6.07 Å². The zero-order chi connectivity index (χ0) is 12.3. The summed E-state index contributed by atoms with van der Waals surface area (Å²) in [6, 6.07) is 3.69. The van der Waals surface area contributed by atoms with Gasteiger partial charge < -0.3 is 4.74 Å². The highest BCUT2D eigenvalue weighted by Gasteiger charge is 2.42. The number of benzene rings is 1. The highest BCUT2D eigenvalue weighted by molar-refractivity contribution is 5.81. The van der Waals surface area contributed by atoms with Gasteiger partial charge in [-0.05, 0) is 18.6 Å². The van der Waals surface area contributed by atoms with Gasteiger partial charge in [0.1, 0.15) is 0 Å². The molecule has 1 aromatic rings. The molecule has 0 saturated heterocycles. The van der Waals surface area contributed by atoms with E-state index in [2.05, 4.69) is 10.6 Å². The number of hydrogen-bond acceptors (Lipinski definition) is 3. The Balaban J connectivity index is 2.96. The molecule has 0 aliphatic carbocycles. The number of nitrogens with two attached hydrogens (primary N) is 1. The first-order valence-corrected chi connectivity index (χ1v) is 4.21. The molecule has 0 radical (unpaired) electrons. The Hall–Kier alpha value is -1.76. The lowest BCUT2D eigenvalue weighted by Gasteiger charge is -2.16. The van der Waals surface area contributed by atoms with E-state index >= 15 is 0 Å². The number of ether oxygens (including phenoxy) is 1. The molecule has 1 aromatic carbocycles. The van der Waals surface area contributed by atoms with Crippen molar-refractivity contribution in [3.05, 3.63) is 29.6 Å². The van der Waals surface area contributed by atoms with Crippen LogP contribution in [0.4, 0.5) is 13.2 Å². The minimum Gasteiger partial charge on any atom is -0.422 e. The summed E-state index contributed by atoms with van der Waals surface area (Å²) in [4.78, 5) is 10.6. The van der Waals surface area contributed by atoms with Crippen molar-refractivity contribution in [3.8, 4) is 5.75 Å². The quantitative estimate of drug-likeness (QED) is 0.467. The van der Waals surface area contributed by atoms with Crippen LogP contribution >= 0.6 is 0 Å². The van der Waals surface area contributed by atoms with Gasteiger partial charge in [0.05, 0.1) is 0 Å². The van der Waals surface area contributed by atoms with Gasteiger partial charge in [0, 0.05) is 0 Å². The SMILES string of the molecule is Cc1cccc(OC(F)(F)C(=O)NN)c1F. The van der Waals surface area contributed by atoms with Gasteiger partial charge in [-0.3, -0.25) is 10.2 Å². The summed E-state index contributed by atoms with van der Waals surface area (Å²) < 4.78 is 43.1. The molecule has 1 rings (SSSR count). The lowest BCUT2D eigenvalue weighted by Crippen LogP contribution is -2.47. The fraction of sp³-hybridized carbons (Fsp3) is 0.222. The van der Waals surface area contributed by atoms with Crippen molar-refractivity contribution < 1.29 is 22.7 Å². The van der Waals surface area contributed by atoms with Crippen LogP contribution in [-0.2, 0) is 4.79 Å². The fourth-order valence-corrected chi connectivity index (χ4v) is 0.968. The Bertz CT molecular complexity index is 410. The molecule has 0 bridgehead atoms. The first kappa shape index (κ1) is 12.3. The van der Waals surface area contributed by atoms with Crippen LogP contribution in [0.25, 0.3) is 0 Å². The molecule has 1 amide bonds. The maximum atomic E-state index is 13.3. The van der Waals surface area contributed by atoms with Crippen LogP contribution in [0.5, 0.6) is 5.75 Å². The van der Waals surface area contributed by atoms with Crippen LogP contribution < -0.4 is 16.0 Å². The van der Waals surface area contributed by atoms with E-state index in [1.54, 1.807) is 0 Å². The van der Waals surface area contributed by atoms with E-state index in [9.17, 15) is 18.0 Å². The number of amides is 1. The average molecular weight is 234 g/mol. The molecule has 16 heavy (non-hydrogen) atoms. The van der Waals surface area contributed by atoms with Crippen molar-refractivity contribution in [3.63, 3.8) is 0 Å². The van der Waals surface area contributed by atoms with Crippen molar-refractivity contribution >= 4 is 5.91 Å². The van der Waals surface area contributed by atoms with Crippen LogP contribution in [0.2, 0.25) is 0 Å². The standard InChI is InChI=1S/C9H9F3N2O2/c1-5-3-2-4-6(7(5)10)16-9(11,12)8(15)14-13/h2-4H,13H2,1H3,(H,14,15). The molecule has 0 saturated carbocycles. The zero-order valence-corrected chi connectivity index (χ0v) is 8.26. The second-order valence-electron chi connectivity index (χ2n) is 2.98. The van der Waals surface area contributed by atoms with E-state index in [0.29, 0.717) is 0 Å². The van der Waals surface area contributed by atoms with Gasteiger partial charge in [-0.1, -0.05) is 12.1 Å². The number of carbonyl (C=O) groups is 1. The van der Waals surface area contributed by atoms with Crippen LogP contribution in [0.3, 0.4) is 0 Å². The summed E-state index contributed by atoms with van der Waals surface area (Å²) in [5, 5.41) is 0. The molecule has 0 atom stereocenters. The van der Waals surface area contributed by atoms with Gasteiger partial charge in [-0.15, -0.1) is 0 Å². The molecular formula is C9H9F3N2O2. The van der Waals surface area contributed by atoms with Crippen LogP contribution in [0.15, 0.2) is 18.2 Å². The molecule has 0 spiro atoms. The molecule has 3 N–H and O–H groups in total. The van der Waals surface area contributed by atoms with Gasteiger partial charge in [-0.2, -0.15) is 8.78 Å². The second kappa shape index (κ2) is 4.40. The number of hydrogen-bond donors (Lipinski definition) is 2. The van der Waals surface area contributed by atoms with Gasteiger partial charge in [-0.25, -0.2) is 10.2 Å². The number of halogens is 3. The molecular weight excluding hydrogens is 225 g/mol. The lowest BCUT2D eigenvalue weighted by atomic mass is 10.2. The number of hydrazine groups is 1. The average Bonchev–Trinajstić information content (AvgIpc) is 2.23. The molecule has 0 aromatic heterocycles. The third-order valence-corrected chi connectivity index (χ3v) is 1.79. The van der Waals surface area contributed by atoms with Crippen LogP contribution in [0.1, 0.15) is 5.56 Å². The van der Waals surface area contributed by atoms with Crippen LogP contribution in [-0.4, -0.2) is 12.0 Å². The molecule has 0 aliphatic rings. The summed E-state index contributed by atoms with van der Waals surface area (Å²) in [5.41, 5.74) is 1.35. The third kappa shape index (κ3) is 2.43. The molecule has 88 valence electrons. The number of aryl methyl sites for hydroxylation is 1. The molecule has 4 nitrogen and oxygen atoms in total. The predicted molar refractivity (Wildman–Crippen MR) is 49.0 cm³/mol.